The fraction of sp³-hybridized carbons (Fsp3) is 0.179. The van der Waals surface area contributed by atoms with E-state index in [1.54, 1.807) is 22.7 Å². The van der Waals surface area contributed by atoms with E-state index in [1.807, 2.05) is 12.1 Å². The highest BCUT2D eigenvalue weighted by Gasteiger charge is 2.47. The first-order valence-corrected chi connectivity index (χ1v) is 16.9. The Morgan fingerprint density at radius 1 is 0.578 bits per heavy atom. The Morgan fingerprint density at radius 2 is 1.04 bits per heavy atom. The number of rotatable bonds is 10. The van der Waals surface area contributed by atoms with E-state index in [9.17, 15) is 10.2 Å². The molecular weight excluding hydrogens is 597 g/mol. The zero-order valence-electron chi connectivity index (χ0n) is 25.2. The van der Waals surface area contributed by atoms with E-state index in [0.717, 1.165) is 33.8 Å². The van der Waals surface area contributed by atoms with Crippen LogP contribution in [0.15, 0.2) is 108 Å². The Balaban J connectivity index is 1.55. The van der Waals surface area contributed by atoms with Crippen LogP contribution in [0.4, 0.5) is 0 Å². The quantitative estimate of drug-likeness (QED) is 0.159. The number of benzene rings is 4. The molecule has 2 aromatic heterocycles. The average Bonchev–Trinajstić information content (AvgIpc) is 3.84. The van der Waals surface area contributed by atoms with Crippen molar-refractivity contribution in [1.29, 1.82) is 0 Å². The van der Waals surface area contributed by atoms with Crippen LogP contribution in [0, 0.1) is 13.8 Å². The molecule has 0 aliphatic heterocycles. The van der Waals surface area contributed by atoms with Crippen molar-refractivity contribution in [2.45, 2.75) is 19.3 Å². The molecule has 6 heteroatoms. The first-order chi connectivity index (χ1) is 22.0. The van der Waals surface area contributed by atoms with Gasteiger partial charge in [0, 0.05) is 9.75 Å². The van der Waals surface area contributed by atoms with Gasteiger partial charge in [-0.3, -0.25) is 0 Å². The summed E-state index contributed by atoms with van der Waals surface area (Å²) in [5, 5.41) is 23.1. The number of hydrogen-bond acceptors (Lipinski definition) is 6. The molecule has 0 spiro atoms. The van der Waals surface area contributed by atoms with Crippen molar-refractivity contribution in [3.8, 4) is 43.5 Å². The summed E-state index contributed by atoms with van der Waals surface area (Å²) in [7, 11) is 0. The van der Waals surface area contributed by atoms with Crippen molar-refractivity contribution in [2.24, 2.45) is 0 Å². The molecular formula is C39H34O4S2. The van der Waals surface area contributed by atoms with Gasteiger partial charge in [0.1, 0.15) is 24.7 Å². The highest BCUT2D eigenvalue weighted by atomic mass is 32.1. The first-order valence-electron chi connectivity index (χ1n) is 15.1. The van der Waals surface area contributed by atoms with Crippen LogP contribution >= 0.6 is 22.7 Å². The largest absolute Gasteiger partial charge is 0.491 e. The van der Waals surface area contributed by atoms with Crippen molar-refractivity contribution in [1.82, 2.24) is 0 Å². The van der Waals surface area contributed by atoms with Crippen molar-refractivity contribution in [3.63, 3.8) is 0 Å². The molecule has 4 aromatic carbocycles. The Morgan fingerprint density at radius 3 is 1.42 bits per heavy atom. The molecule has 0 radical (unpaired) electrons. The fourth-order valence-corrected chi connectivity index (χ4v) is 8.15. The maximum Gasteiger partial charge on any atom is 0.122 e. The van der Waals surface area contributed by atoms with Crippen molar-refractivity contribution >= 4 is 22.7 Å². The molecule has 1 aliphatic carbocycles. The van der Waals surface area contributed by atoms with Gasteiger partial charge in [0.15, 0.2) is 0 Å². The number of hydrogen-bond donors (Lipinski definition) is 2. The van der Waals surface area contributed by atoms with Gasteiger partial charge in [-0.15, -0.1) is 22.7 Å². The van der Waals surface area contributed by atoms with Gasteiger partial charge in [-0.25, -0.2) is 0 Å². The molecule has 0 atom stereocenters. The van der Waals surface area contributed by atoms with Gasteiger partial charge in [0.2, 0.25) is 0 Å². The Labute approximate surface area is 271 Å². The fourth-order valence-electron chi connectivity index (χ4n) is 6.71. The van der Waals surface area contributed by atoms with Gasteiger partial charge < -0.3 is 19.7 Å². The number of aliphatic hydroxyl groups excluding tert-OH is 2. The van der Waals surface area contributed by atoms with Crippen LogP contribution in [0.25, 0.3) is 32.0 Å². The normalized spacial score (nSPS) is 13.0. The molecule has 0 amide bonds. The number of aryl methyl sites for hydroxylation is 2. The second-order valence-electron chi connectivity index (χ2n) is 11.3. The minimum atomic E-state index is -0.633. The van der Waals surface area contributed by atoms with E-state index < -0.39 is 5.41 Å². The third kappa shape index (κ3) is 5.08. The van der Waals surface area contributed by atoms with E-state index in [2.05, 4.69) is 110 Å². The summed E-state index contributed by atoms with van der Waals surface area (Å²) >= 11 is 3.50. The topological polar surface area (TPSA) is 58.9 Å². The predicted octanol–water partition coefficient (Wildman–Crippen LogP) is 8.87. The number of ether oxygens (including phenoxy) is 2. The third-order valence-electron chi connectivity index (χ3n) is 8.66. The second kappa shape index (κ2) is 12.3. The summed E-state index contributed by atoms with van der Waals surface area (Å²) in [4.78, 5) is 2.46. The van der Waals surface area contributed by atoms with Gasteiger partial charge in [-0.1, -0.05) is 60.7 Å². The third-order valence-corrected chi connectivity index (χ3v) is 10.5. The van der Waals surface area contributed by atoms with Crippen LogP contribution in [0.3, 0.4) is 0 Å². The molecule has 45 heavy (non-hydrogen) atoms. The van der Waals surface area contributed by atoms with Crippen molar-refractivity contribution in [2.75, 3.05) is 26.4 Å². The SMILES string of the molecule is Cc1cc(C2(c3ccc(OCCO)c(C)c3)c3cc(-c4cccs4)ccc3-c3ccc(-c4cccs4)cc32)ccc1OCCO. The van der Waals surface area contributed by atoms with Crippen molar-refractivity contribution in [3.05, 3.63) is 141 Å². The van der Waals surface area contributed by atoms with Gasteiger partial charge in [0.05, 0.1) is 18.6 Å². The molecule has 7 rings (SSSR count). The van der Waals surface area contributed by atoms with E-state index in [1.165, 1.54) is 43.1 Å². The summed E-state index contributed by atoms with van der Waals surface area (Å²) in [6.45, 7) is 4.57. The summed E-state index contributed by atoms with van der Waals surface area (Å²) in [6, 6.07) is 35.3. The first kappa shape index (κ1) is 29.5. The van der Waals surface area contributed by atoms with Gasteiger partial charge in [-0.2, -0.15) is 0 Å². The predicted molar refractivity (Wildman–Crippen MR) is 185 cm³/mol. The Kier molecular flexibility index (Phi) is 8.06. The summed E-state index contributed by atoms with van der Waals surface area (Å²) in [6.07, 6.45) is 0. The van der Waals surface area contributed by atoms with E-state index >= 15 is 0 Å². The molecule has 0 saturated carbocycles. The summed E-state index contributed by atoms with van der Waals surface area (Å²) in [5.41, 5.74) is 11.0. The molecule has 0 saturated heterocycles. The van der Waals surface area contributed by atoms with Crippen LogP contribution in [0.5, 0.6) is 11.5 Å². The number of fused-ring (bicyclic) bond motifs is 3. The van der Waals surface area contributed by atoms with Gasteiger partial charge in [-0.05, 0) is 117 Å². The molecule has 0 bridgehead atoms. The molecule has 4 nitrogen and oxygen atoms in total. The van der Waals surface area contributed by atoms with E-state index in [4.69, 9.17) is 9.47 Å². The van der Waals surface area contributed by atoms with Crippen LogP contribution in [-0.4, -0.2) is 36.6 Å². The van der Waals surface area contributed by atoms with E-state index in [-0.39, 0.29) is 26.4 Å². The Hall–Kier alpha value is -4.20. The molecule has 0 fully saturated rings. The molecule has 6 aromatic rings. The molecule has 2 N–H and O–H groups in total. The minimum absolute atomic E-state index is 0.0349. The molecule has 1 aliphatic rings. The monoisotopic (exact) mass is 630 g/mol. The maximum atomic E-state index is 9.42. The molecule has 0 unspecified atom stereocenters. The number of thiophene rings is 2. The van der Waals surface area contributed by atoms with Gasteiger partial charge in [0.25, 0.3) is 0 Å². The zero-order valence-corrected chi connectivity index (χ0v) is 26.9. The summed E-state index contributed by atoms with van der Waals surface area (Å²) < 4.78 is 11.8. The summed E-state index contributed by atoms with van der Waals surface area (Å²) in [5.74, 6) is 1.54. The van der Waals surface area contributed by atoms with Crippen LogP contribution in [0.2, 0.25) is 0 Å². The smallest absolute Gasteiger partial charge is 0.122 e. The van der Waals surface area contributed by atoms with Gasteiger partial charge >= 0.3 is 0 Å². The van der Waals surface area contributed by atoms with E-state index in [0.29, 0.717) is 0 Å². The lowest BCUT2D eigenvalue weighted by Gasteiger charge is -2.35. The molecule has 226 valence electrons. The highest BCUT2D eigenvalue weighted by molar-refractivity contribution is 7.13. The highest BCUT2D eigenvalue weighted by Crippen LogP contribution is 2.58. The lowest BCUT2D eigenvalue weighted by Crippen LogP contribution is -2.29. The van der Waals surface area contributed by atoms with Crippen LogP contribution < -0.4 is 9.47 Å². The van der Waals surface area contributed by atoms with Crippen LogP contribution in [-0.2, 0) is 5.41 Å². The maximum absolute atomic E-state index is 9.42. The number of aliphatic hydroxyl groups is 2. The second-order valence-corrected chi connectivity index (χ2v) is 13.2. The standard InChI is InChI=1S/C39H34O4S2/c1-25-21-29(9-13-35(25)42-17-15-40)39(30-10-14-36(26(2)22-30)43-18-16-41)33-23-27(37-5-3-19-44-37)7-11-31(33)32-12-8-28(24-34(32)39)38-6-4-20-45-38/h3-14,19-24,40-41H,15-18H2,1-2H3. The Bertz CT molecular complexity index is 1810. The molecule has 2 heterocycles. The minimum Gasteiger partial charge on any atom is -0.491 e. The van der Waals surface area contributed by atoms with Crippen molar-refractivity contribution < 1.29 is 19.7 Å². The average molecular weight is 631 g/mol. The lowest BCUT2D eigenvalue weighted by atomic mass is 9.66. The van der Waals surface area contributed by atoms with Crippen LogP contribution in [0.1, 0.15) is 33.4 Å². The zero-order chi connectivity index (χ0) is 31.0. The lowest BCUT2D eigenvalue weighted by molar-refractivity contribution is 0.200.